The van der Waals surface area contributed by atoms with Crippen molar-refractivity contribution in [2.45, 2.75) is 6.92 Å². The molecule has 1 aromatic carbocycles. The summed E-state index contributed by atoms with van der Waals surface area (Å²) in [7, 11) is 0. The van der Waals surface area contributed by atoms with Crippen LogP contribution in [0.2, 0.25) is 5.02 Å². The first-order valence-corrected chi connectivity index (χ1v) is 7.14. The van der Waals surface area contributed by atoms with Crippen molar-refractivity contribution in [1.29, 1.82) is 0 Å². The van der Waals surface area contributed by atoms with E-state index >= 15 is 0 Å². The first-order valence-electron chi connectivity index (χ1n) is 6.76. The van der Waals surface area contributed by atoms with Gasteiger partial charge in [-0.15, -0.1) is 0 Å². The second kappa shape index (κ2) is 6.07. The fourth-order valence-corrected chi connectivity index (χ4v) is 2.27. The van der Waals surface area contributed by atoms with Crippen LogP contribution in [0.15, 0.2) is 53.1 Å². The largest absolute Gasteiger partial charge is 0.463 e. The number of halogens is 1. The molecule has 0 aliphatic rings. The zero-order chi connectivity index (χ0) is 15.5. The molecule has 0 saturated heterocycles. The lowest BCUT2D eigenvalue weighted by atomic mass is 10.3. The van der Waals surface area contributed by atoms with Gasteiger partial charge in [0.2, 0.25) is 0 Å². The number of hydrogen-bond acceptors (Lipinski definition) is 4. The van der Waals surface area contributed by atoms with Gasteiger partial charge in [0.05, 0.1) is 18.6 Å². The van der Waals surface area contributed by atoms with Crippen LogP contribution in [0.5, 0.6) is 0 Å². The monoisotopic (exact) mass is 316 g/mol. The van der Waals surface area contributed by atoms with E-state index in [2.05, 4.69) is 5.10 Å². The van der Waals surface area contributed by atoms with Gasteiger partial charge < -0.3 is 9.15 Å². The average Bonchev–Trinajstić information content (AvgIpc) is 3.17. The predicted octanol–water partition coefficient (Wildman–Crippen LogP) is 3.96. The Balaban J connectivity index is 2.12. The Morgan fingerprint density at radius 1 is 1.32 bits per heavy atom. The van der Waals surface area contributed by atoms with E-state index in [1.807, 2.05) is 6.07 Å². The molecule has 2 heterocycles. The van der Waals surface area contributed by atoms with E-state index in [0.717, 1.165) is 0 Å². The molecular formula is C16H13ClN2O3. The molecule has 3 aromatic rings. The summed E-state index contributed by atoms with van der Waals surface area (Å²) in [6.07, 6.45) is 1.55. The Labute approximate surface area is 132 Å². The van der Waals surface area contributed by atoms with Gasteiger partial charge in [0.25, 0.3) is 0 Å². The molecule has 112 valence electrons. The summed E-state index contributed by atoms with van der Waals surface area (Å²) >= 11 is 6.02. The highest BCUT2D eigenvalue weighted by Crippen LogP contribution is 2.23. The van der Waals surface area contributed by atoms with Crippen molar-refractivity contribution in [2.24, 2.45) is 0 Å². The molecule has 0 unspecified atom stereocenters. The highest BCUT2D eigenvalue weighted by atomic mass is 35.5. The molecule has 6 heteroatoms. The van der Waals surface area contributed by atoms with Crippen LogP contribution in [-0.2, 0) is 4.74 Å². The number of nitrogens with zero attached hydrogens (tertiary/aromatic N) is 2. The summed E-state index contributed by atoms with van der Waals surface area (Å²) in [6.45, 7) is 2.04. The molecule has 0 atom stereocenters. The molecule has 5 nitrogen and oxygen atoms in total. The van der Waals surface area contributed by atoms with Crippen LogP contribution in [0.3, 0.4) is 0 Å². The van der Waals surface area contributed by atoms with Gasteiger partial charge in [-0.3, -0.25) is 0 Å². The number of esters is 1. The molecule has 0 fully saturated rings. The standard InChI is InChI=1S/C16H13ClN2O3/c1-2-21-16(20)14-10-13(15-7-4-8-22-15)18-19(14)12-6-3-5-11(17)9-12/h3-10H,2H2,1H3. The van der Waals surface area contributed by atoms with Crippen molar-refractivity contribution in [3.05, 3.63) is 59.4 Å². The van der Waals surface area contributed by atoms with Gasteiger partial charge in [0.1, 0.15) is 5.69 Å². The van der Waals surface area contributed by atoms with E-state index in [9.17, 15) is 4.79 Å². The van der Waals surface area contributed by atoms with Gasteiger partial charge in [-0.2, -0.15) is 5.10 Å². The smallest absolute Gasteiger partial charge is 0.357 e. The minimum atomic E-state index is -0.451. The zero-order valence-electron chi connectivity index (χ0n) is 11.8. The van der Waals surface area contributed by atoms with Gasteiger partial charge in [0, 0.05) is 11.1 Å². The number of aromatic nitrogens is 2. The van der Waals surface area contributed by atoms with Crippen LogP contribution in [-0.4, -0.2) is 22.4 Å². The molecule has 0 saturated carbocycles. The van der Waals surface area contributed by atoms with Gasteiger partial charge in [-0.1, -0.05) is 17.7 Å². The summed E-state index contributed by atoms with van der Waals surface area (Å²) in [5.41, 5.74) is 1.54. The molecule has 0 radical (unpaired) electrons. The maximum absolute atomic E-state index is 12.2. The third-order valence-corrected chi connectivity index (χ3v) is 3.26. The number of benzene rings is 1. The van der Waals surface area contributed by atoms with Crippen LogP contribution in [0.1, 0.15) is 17.4 Å². The Kier molecular flexibility index (Phi) is 3.98. The fraction of sp³-hybridized carbons (Fsp3) is 0.125. The summed E-state index contributed by atoms with van der Waals surface area (Å²) in [5, 5.41) is 4.99. The van der Waals surface area contributed by atoms with E-state index in [4.69, 9.17) is 20.8 Å². The van der Waals surface area contributed by atoms with E-state index in [-0.39, 0.29) is 6.61 Å². The highest BCUT2D eigenvalue weighted by Gasteiger charge is 2.19. The van der Waals surface area contributed by atoms with Crippen molar-refractivity contribution in [2.75, 3.05) is 6.61 Å². The third kappa shape index (κ3) is 2.76. The number of hydrogen-bond donors (Lipinski definition) is 0. The molecule has 0 amide bonds. The second-order valence-electron chi connectivity index (χ2n) is 4.50. The number of ether oxygens (including phenoxy) is 1. The van der Waals surface area contributed by atoms with E-state index < -0.39 is 5.97 Å². The number of carbonyl (C=O) groups is 1. The van der Waals surface area contributed by atoms with Crippen molar-refractivity contribution < 1.29 is 13.9 Å². The van der Waals surface area contributed by atoms with Crippen LogP contribution in [0.4, 0.5) is 0 Å². The van der Waals surface area contributed by atoms with E-state index in [0.29, 0.717) is 27.9 Å². The molecule has 0 spiro atoms. The lowest BCUT2D eigenvalue weighted by Crippen LogP contribution is -2.11. The molecule has 0 aliphatic carbocycles. The molecule has 22 heavy (non-hydrogen) atoms. The van der Waals surface area contributed by atoms with Crippen LogP contribution in [0, 0.1) is 0 Å². The highest BCUT2D eigenvalue weighted by molar-refractivity contribution is 6.30. The Hall–Kier alpha value is -2.53. The molecule has 2 aromatic heterocycles. The fourth-order valence-electron chi connectivity index (χ4n) is 2.08. The van der Waals surface area contributed by atoms with Crippen molar-refractivity contribution in [3.63, 3.8) is 0 Å². The lowest BCUT2D eigenvalue weighted by Gasteiger charge is -2.06. The number of carbonyl (C=O) groups excluding carboxylic acids is 1. The summed E-state index contributed by atoms with van der Waals surface area (Å²) in [6, 6.07) is 12.3. The first-order chi connectivity index (χ1) is 10.7. The maximum atomic E-state index is 12.2. The summed E-state index contributed by atoms with van der Waals surface area (Å²) < 4.78 is 11.9. The molecular weight excluding hydrogens is 304 g/mol. The summed E-state index contributed by atoms with van der Waals surface area (Å²) in [5.74, 6) is 0.124. The van der Waals surface area contributed by atoms with Crippen molar-refractivity contribution >= 4 is 17.6 Å². The van der Waals surface area contributed by atoms with Crippen molar-refractivity contribution in [3.8, 4) is 17.1 Å². The SMILES string of the molecule is CCOC(=O)c1cc(-c2ccco2)nn1-c1cccc(Cl)c1. The third-order valence-electron chi connectivity index (χ3n) is 3.02. The van der Waals surface area contributed by atoms with Crippen molar-refractivity contribution in [1.82, 2.24) is 9.78 Å². The topological polar surface area (TPSA) is 57.3 Å². The number of furan rings is 1. The normalized spacial score (nSPS) is 10.6. The molecule has 0 aliphatic heterocycles. The minimum Gasteiger partial charge on any atom is -0.463 e. The van der Waals surface area contributed by atoms with Crippen LogP contribution in [0.25, 0.3) is 17.1 Å². The molecule has 0 bridgehead atoms. The molecule has 0 N–H and O–H groups in total. The Morgan fingerprint density at radius 2 is 2.18 bits per heavy atom. The van der Waals surface area contributed by atoms with Gasteiger partial charge >= 0.3 is 5.97 Å². The zero-order valence-corrected chi connectivity index (χ0v) is 12.6. The lowest BCUT2D eigenvalue weighted by molar-refractivity contribution is 0.0515. The van der Waals surface area contributed by atoms with Crippen LogP contribution < -0.4 is 0 Å². The van der Waals surface area contributed by atoms with Gasteiger partial charge in [-0.05, 0) is 37.3 Å². The minimum absolute atomic E-state index is 0.287. The maximum Gasteiger partial charge on any atom is 0.357 e. The van der Waals surface area contributed by atoms with E-state index in [1.165, 1.54) is 4.68 Å². The summed E-state index contributed by atoms with van der Waals surface area (Å²) in [4.78, 5) is 12.2. The Bertz CT molecular complexity index is 794. The Morgan fingerprint density at radius 3 is 2.86 bits per heavy atom. The second-order valence-corrected chi connectivity index (χ2v) is 4.94. The predicted molar refractivity (Wildman–Crippen MR) is 82.2 cm³/mol. The number of rotatable bonds is 4. The van der Waals surface area contributed by atoms with Gasteiger partial charge in [0.15, 0.2) is 11.5 Å². The van der Waals surface area contributed by atoms with E-state index in [1.54, 1.807) is 49.6 Å². The van der Waals surface area contributed by atoms with Crippen LogP contribution >= 0.6 is 11.6 Å². The average molecular weight is 317 g/mol. The van der Waals surface area contributed by atoms with Gasteiger partial charge in [-0.25, -0.2) is 9.48 Å². The first kappa shape index (κ1) is 14.4. The quantitative estimate of drug-likeness (QED) is 0.684. The molecule has 3 rings (SSSR count).